The third-order valence-electron chi connectivity index (χ3n) is 5.34. The largest absolute Gasteiger partial charge is 0.497 e. The summed E-state index contributed by atoms with van der Waals surface area (Å²) in [5, 5.41) is 13.1. The minimum atomic E-state index is -3.61. The number of likely N-dealkylation sites (N-methyl/N-ethyl adjacent to an activating group) is 1. The van der Waals surface area contributed by atoms with Crippen molar-refractivity contribution in [3.8, 4) is 5.75 Å². The maximum atomic E-state index is 13.0. The fourth-order valence-corrected chi connectivity index (χ4v) is 4.79. The molecule has 2 aromatic heterocycles. The molecule has 1 aliphatic heterocycles. The molecule has 3 aromatic rings. The summed E-state index contributed by atoms with van der Waals surface area (Å²) in [6, 6.07) is 10.2. The second-order valence-electron chi connectivity index (χ2n) is 8.49. The van der Waals surface area contributed by atoms with Crippen LogP contribution in [-0.4, -0.2) is 65.8 Å². The Labute approximate surface area is 176 Å². The van der Waals surface area contributed by atoms with Gasteiger partial charge in [-0.3, -0.25) is 0 Å². The molecule has 1 aromatic carbocycles. The molecule has 0 bridgehead atoms. The average Bonchev–Trinajstić information content (AvgIpc) is 3.10. The third-order valence-corrected chi connectivity index (χ3v) is 7.24. The zero-order chi connectivity index (χ0) is 21.7. The molecule has 0 N–H and O–H groups in total. The summed E-state index contributed by atoms with van der Waals surface area (Å²) < 4.78 is 34.3. The summed E-state index contributed by atoms with van der Waals surface area (Å²) in [7, 11) is -0.474. The van der Waals surface area contributed by atoms with Crippen LogP contribution >= 0.6 is 0 Å². The molecule has 160 valence electrons. The molecule has 10 heteroatoms. The van der Waals surface area contributed by atoms with Crippen LogP contribution in [0.15, 0.2) is 41.3 Å². The van der Waals surface area contributed by atoms with Crippen LogP contribution in [0.1, 0.15) is 26.6 Å². The molecule has 0 aliphatic carbocycles. The molecule has 0 unspecified atom stereocenters. The molecule has 0 spiro atoms. The smallest absolute Gasteiger partial charge is 0.243 e. The fourth-order valence-electron chi connectivity index (χ4n) is 3.41. The van der Waals surface area contributed by atoms with Gasteiger partial charge in [0, 0.05) is 31.6 Å². The lowest BCUT2D eigenvalue weighted by Gasteiger charge is -2.43. The minimum absolute atomic E-state index is 0.137. The van der Waals surface area contributed by atoms with Crippen LogP contribution in [0.4, 0.5) is 5.82 Å². The number of fused-ring (bicyclic) bond motifs is 1. The highest BCUT2D eigenvalue weighted by Gasteiger charge is 2.37. The first-order chi connectivity index (χ1) is 14.1. The molecular formula is C20H26N6O3S. The zero-order valence-electron chi connectivity index (χ0n) is 17.8. The third kappa shape index (κ3) is 3.50. The highest BCUT2D eigenvalue weighted by atomic mass is 32.2. The Kier molecular flexibility index (Phi) is 4.94. The molecule has 3 heterocycles. The Morgan fingerprint density at radius 3 is 2.53 bits per heavy atom. The molecule has 9 nitrogen and oxygen atoms in total. The number of hydrogen-bond donors (Lipinski definition) is 0. The van der Waals surface area contributed by atoms with Crippen molar-refractivity contribution in [1.82, 2.24) is 24.1 Å². The van der Waals surface area contributed by atoms with E-state index >= 15 is 0 Å². The van der Waals surface area contributed by atoms with Crippen molar-refractivity contribution < 1.29 is 13.2 Å². The summed E-state index contributed by atoms with van der Waals surface area (Å²) in [6.07, 6.45) is 0. The molecule has 0 radical (unpaired) electrons. The highest BCUT2D eigenvalue weighted by molar-refractivity contribution is 7.89. The van der Waals surface area contributed by atoms with Gasteiger partial charge in [0.1, 0.15) is 11.6 Å². The first-order valence-corrected chi connectivity index (χ1v) is 11.2. The highest BCUT2D eigenvalue weighted by Crippen LogP contribution is 2.28. The van der Waals surface area contributed by atoms with E-state index in [1.807, 2.05) is 17.0 Å². The standard InChI is InChI=1S/C20H26N6O3S/c1-20(2,3)19-22-21-17-9-10-18(23-26(17)19)25-12-14(13-25)24(4)30(27,28)16-8-6-7-15(11-16)29-5/h6-11,14H,12-13H2,1-5H3. The number of nitrogens with zero attached hydrogens (tertiary/aromatic N) is 6. The van der Waals surface area contributed by atoms with Gasteiger partial charge in [0.15, 0.2) is 11.5 Å². The van der Waals surface area contributed by atoms with Gasteiger partial charge in [0.05, 0.1) is 18.0 Å². The predicted octanol–water partition coefficient (Wildman–Crippen LogP) is 1.94. The van der Waals surface area contributed by atoms with Gasteiger partial charge in [-0.15, -0.1) is 15.3 Å². The van der Waals surface area contributed by atoms with Crippen molar-refractivity contribution in [2.24, 2.45) is 0 Å². The summed E-state index contributed by atoms with van der Waals surface area (Å²) in [5.74, 6) is 2.08. The molecular weight excluding hydrogens is 404 g/mol. The Hall–Kier alpha value is -2.72. The van der Waals surface area contributed by atoms with Gasteiger partial charge in [-0.25, -0.2) is 8.42 Å². The van der Waals surface area contributed by atoms with Gasteiger partial charge in [-0.2, -0.15) is 8.82 Å². The lowest BCUT2D eigenvalue weighted by Crippen LogP contribution is -2.60. The second kappa shape index (κ2) is 7.21. The molecule has 1 aliphatic rings. The number of methoxy groups -OCH3 is 1. The van der Waals surface area contributed by atoms with Crippen LogP contribution in [-0.2, 0) is 15.4 Å². The molecule has 0 atom stereocenters. The predicted molar refractivity (Wildman–Crippen MR) is 113 cm³/mol. The van der Waals surface area contributed by atoms with E-state index in [2.05, 4.69) is 31.0 Å². The number of hydrogen-bond acceptors (Lipinski definition) is 7. The van der Waals surface area contributed by atoms with Gasteiger partial charge < -0.3 is 9.64 Å². The minimum Gasteiger partial charge on any atom is -0.497 e. The lowest BCUT2D eigenvalue weighted by molar-refractivity contribution is 0.308. The monoisotopic (exact) mass is 430 g/mol. The van der Waals surface area contributed by atoms with Crippen LogP contribution in [0.2, 0.25) is 0 Å². The Morgan fingerprint density at radius 2 is 1.87 bits per heavy atom. The number of anilines is 1. The first kappa shape index (κ1) is 20.5. The Balaban J connectivity index is 1.51. The molecule has 0 saturated carbocycles. The van der Waals surface area contributed by atoms with Crippen LogP contribution in [0.25, 0.3) is 5.65 Å². The maximum absolute atomic E-state index is 13.0. The molecule has 1 saturated heterocycles. The number of ether oxygens (including phenoxy) is 1. The first-order valence-electron chi connectivity index (χ1n) is 9.71. The van der Waals surface area contributed by atoms with Crippen LogP contribution in [0, 0.1) is 0 Å². The summed E-state index contributed by atoms with van der Waals surface area (Å²) >= 11 is 0. The molecule has 30 heavy (non-hydrogen) atoms. The number of benzene rings is 1. The van der Waals surface area contributed by atoms with Gasteiger partial charge in [-0.1, -0.05) is 26.8 Å². The van der Waals surface area contributed by atoms with E-state index in [-0.39, 0.29) is 16.4 Å². The number of aromatic nitrogens is 4. The van der Waals surface area contributed by atoms with E-state index in [0.717, 1.165) is 11.6 Å². The summed E-state index contributed by atoms with van der Waals surface area (Å²) in [6.45, 7) is 7.32. The van der Waals surface area contributed by atoms with Gasteiger partial charge in [0.2, 0.25) is 10.0 Å². The van der Waals surface area contributed by atoms with Crippen molar-refractivity contribution in [3.63, 3.8) is 0 Å². The Bertz CT molecular complexity index is 1180. The number of rotatable bonds is 5. The van der Waals surface area contributed by atoms with Crippen molar-refractivity contribution >= 4 is 21.5 Å². The van der Waals surface area contributed by atoms with Crippen molar-refractivity contribution in [3.05, 3.63) is 42.2 Å². The van der Waals surface area contributed by atoms with E-state index in [4.69, 9.17) is 9.84 Å². The molecule has 4 rings (SSSR count). The van der Waals surface area contributed by atoms with Crippen LogP contribution in [0.3, 0.4) is 0 Å². The Morgan fingerprint density at radius 1 is 1.13 bits per heavy atom. The van der Waals surface area contributed by atoms with Crippen molar-refractivity contribution in [1.29, 1.82) is 0 Å². The second-order valence-corrected chi connectivity index (χ2v) is 10.5. The average molecular weight is 431 g/mol. The lowest BCUT2D eigenvalue weighted by atomic mass is 9.96. The summed E-state index contributed by atoms with van der Waals surface area (Å²) in [4.78, 5) is 2.27. The maximum Gasteiger partial charge on any atom is 0.243 e. The van der Waals surface area contributed by atoms with Gasteiger partial charge in [0.25, 0.3) is 0 Å². The van der Waals surface area contributed by atoms with E-state index in [1.54, 1.807) is 29.8 Å². The van der Waals surface area contributed by atoms with Gasteiger partial charge in [-0.05, 0) is 24.3 Å². The van der Waals surface area contributed by atoms with E-state index < -0.39 is 10.0 Å². The van der Waals surface area contributed by atoms with Crippen molar-refractivity contribution in [2.45, 2.75) is 37.1 Å². The van der Waals surface area contributed by atoms with Crippen LogP contribution < -0.4 is 9.64 Å². The molecule has 1 fully saturated rings. The quantitative estimate of drug-likeness (QED) is 0.611. The molecule has 0 amide bonds. The van der Waals surface area contributed by atoms with E-state index in [9.17, 15) is 8.42 Å². The normalized spacial score (nSPS) is 15.6. The van der Waals surface area contributed by atoms with Gasteiger partial charge >= 0.3 is 0 Å². The topological polar surface area (TPSA) is 92.9 Å². The summed E-state index contributed by atoms with van der Waals surface area (Å²) in [5.41, 5.74) is 0.506. The van der Waals surface area contributed by atoms with E-state index in [1.165, 1.54) is 17.5 Å². The van der Waals surface area contributed by atoms with Crippen molar-refractivity contribution in [2.75, 3.05) is 32.1 Å². The zero-order valence-corrected chi connectivity index (χ0v) is 18.6. The SMILES string of the molecule is COc1cccc(S(=O)(=O)N(C)C2CN(c3ccc4nnc(C(C)(C)C)n4n3)C2)c1. The van der Waals surface area contributed by atoms with Crippen LogP contribution in [0.5, 0.6) is 5.75 Å². The fraction of sp³-hybridized carbons (Fsp3) is 0.450. The number of sulfonamides is 1. The van der Waals surface area contributed by atoms with E-state index in [0.29, 0.717) is 24.5 Å².